The van der Waals surface area contributed by atoms with Gasteiger partial charge in [-0.05, 0) is 132 Å². The topological polar surface area (TPSA) is 207 Å². The molecule has 15 heteroatoms. The lowest BCUT2D eigenvalue weighted by molar-refractivity contribution is -0.294. The summed E-state index contributed by atoms with van der Waals surface area (Å²) < 4.78 is 42.8. The summed E-state index contributed by atoms with van der Waals surface area (Å²) in [6.07, 6.45) is -4.20. The first kappa shape index (κ1) is 57.0. The molecule has 2 rings (SSSR count). The Hall–Kier alpha value is -2.15. The van der Waals surface area contributed by atoms with Crippen LogP contribution in [0.15, 0.2) is 18.2 Å². The largest absolute Gasteiger partial charge is 0.493 e. The van der Waals surface area contributed by atoms with Crippen molar-refractivity contribution in [2.45, 2.75) is 205 Å². The van der Waals surface area contributed by atoms with Crippen molar-refractivity contribution in [2.24, 2.45) is 11.8 Å². The van der Waals surface area contributed by atoms with E-state index < -0.39 is 89.7 Å². The molecular weight excluding hydrogens is 813 g/mol. The first-order valence-electron chi connectivity index (χ1n) is 23.1. The standard InChI is InChI=1S/C48H88N2O13/c1-30(2)46(7,8)62-36(29-51)38(52)39(53)37(44(56)50-26-23-32-21-22-33(57-14)35(28-32)58-15)47(9,10)59-27-24-45(5,6)63-42-34(20-18-16-17-19-25-49-13)60-43(41(55)40(42)54)48(11,12)61-31(3)4/h21-22,28,30-31,34,36-43,49,51-55H,16-20,23-27,29H2,1-15H3,(H,50,56)/t34?,36-,37?,38?,39?,40?,41?,42-,43?/m1/s1. The number of hydrogen-bond acceptors (Lipinski definition) is 14. The van der Waals surface area contributed by atoms with Crippen molar-refractivity contribution in [3.63, 3.8) is 0 Å². The highest BCUT2D eigenvalue weighted by Crippen LogP contribution is 2.37. The van der Waals surface area contributed by atoms with E-state index in [0.29, 0.717) is 24.3 Å². The second kappa shape index (κ2) is 25.7. The molecule has 1 heterocycles. The summed E-state index contributed by atoms with van der Waals surface area (Å²) in [5.74, 6) is -0.746. The summed E-state index contributed by atoms with van der Waals surface area (Å²) in [6, 6.07) is 5.48. The van der Waals surface area contributed by atoms with E-state index in [1.165, 1.54) is 0 Å². The van der Waals surface area contributed by atoms with Gasteiger partial charge in [0, 0.05) is 6.54 Å². The summed E-state index contributed by atoms with van der Waals surface area (Å²) in [6.45, 7) is 22.8. The van der Waals surface area contributed by atoms with Gasteiger partial charge in [-0.2, -0.15) is 0 Å². The number of methoxy groups -OCH3 is 2. The molecule has 63 heavy (non-hydrogen) atoms. The highest BCUT2D eigenvalue weighted by atomic mass is 16.6. The molecule has 7 N–H and O–H groups in total. The Morgan fingerprint density at radius 1 is 0.825 bits per heavy atom. The zero-order valence-electron chi connectivity index (χ0n) is 41.4. The second-order valence-corrected chi connectivity index (χ2v) is 20.0. The normalized spacial score (nSPS) is 22.2. The van der Waals surface area contributed by atoms with E-state index in [1.54, 1.807) is 34.1 Å². The molecule has 0 bridgehead atoms. The Labute approximate surface area is 379 Å². The van der Waals surface area contributed by atoms with Crippen molar-refractivity contribution < 1.29 is 63.5 Å². The number of carbonyl (C=O) groups is 1. The van der Waals surface area contributed by atoms with Gasteiger partial charge in [-0.1, -0.05) is 39.2 Å². The van der Waals surface area contributed by atoms with Crippen molar-refractivity contribution >= 4 is 5.91 Å². The van der Waals surface area contributed by atoms with E-state index in [1.807, 2.05) is 88.4 Å². The molecule has 0 saturated carbocycles. The molecule has 1 saturated heterocycles. The number of ether oxygens (including phenoxy) is 7. The van der Waals surface area contributed by atoms with Gasteiger partial charge >= 0.3 is 0 Å². The van der Waals surface area contributed by atoms with Gasteiger partial charge in [0.15, 0.2) is 11.5 Å². The SMILES string of the molecule is CNCCCCCCC1OC(C(C)(C)OC(C)C)C(O)C(O)[C@@H]1OC(C)(C)CCOC(C)(C)C(C(=O)NCCc1ccc(OC)c(OC)c1)C(O)C(O)[C@@H](CO)OC(C)(C)C(C)C. The lowest BCUT2D eigenvalue weighted by Crippen LogP contribution is -2.65. The molecule has 0 aromatic heterocycles. The monoisotopic (exact) mass is 901 g/mol. The Bertz CT molecular complexity index is 1470. The van der Waals surface area contributed by atoms with Gasteiger partial charge in [0.25, 0.3) is 0 Å². The van der Waals surface area contributed by atoms with Crippen LogP contribution >= 0.6 is 0 Å². The summed E-state index contributed by atoms with van der Waals surface area (Å²) in [5.41, 5.74) is -3.06. The van der Waals surface area contributed by atoms with Gasteiger partial charge < -0.3 is 69.3 Å². The first-order chi connectivity index (χ1) is 29.3. The lowest BCUT2D eigenvalue weighted by Gasteiger charge is -2.50. The maximum Gasteiger partial charge on any atom is 0.228 e. The number of benzene rings is 1. The van der Waals surface area contributed by atoms with Gasteiger partial charge in [0.2, 0.25) is 5.91 Å². The number of aliphatic hydroxyl groups is 5. The van der Waals surface area contributed by atoms with Gasteiger partial charge in [-0.3, -0.25) is 4.79 Å². The van der Waals surface area contributed by atoms with Crippen LogP contribution in [-0.4, -0.2) is 156 Å². The van der Waals surface area contributed by atoms with E-state index in [9.17, 15) is 30.3 Å². The summed E-state index contributed by atoms with van der Waals surface area (Å²) in [5, 5.41) is 63.0. The van der Waals surface area contributed by atoms with Crippen LogP contribution in [-0.2, 0) is 34.9 Å². The van der Waals surface area contributed by atoms with Crippen LogP contribution in [0.2, 0.25) is 0 Å². The lowest BCUT2D eigenvalue weighted by atomic mass is 9.81. The molecule has 15 nitrogen and oxygen atoms in total. The number of carbonyl (C=O) groups excluding carboxylic acids is 1. The number of amides is 1. The molecule has 1 amide bonds. The molecule has 0 radical (unpaired) electrons. The van der Waals surface area contributed by atoms with E-state index in [-0.39, 0.29) is 31.6 Å². The van der Waals surface area contributed by atoms with Crippen molar-refractivity contribution in [2.75, 3.05) is 47.6 Å². The molecule has 368 valence electrons. The predicted octanol–water partition coefficient (Wildman–Crippen LogP) is 4.72. The van der Waals surface area contributed by atoms with Crippen molar-refractivity contribution in [1.82, 2.24) is 10.6 Å². The molecule has 0 spiro atoms. The summed E-state index contributed by atoms with van der Waals surface area (Å²) >= 11 is 0. The fraction of sp³-hybridized carbons (Fsp3) is 0.854. The number of aliphatic hydroxyl groups excluding tert-OH is 5. The zero-order chi connectivity index (χ0) is 47.9. The Kier molecular flexibility index (Phi) is 23.2. The molecular formula is C48H88N2O13. The predicted molar refractivity (Wildman–Crippen MR) is 244 cm³/mol. The highest BCUT2D eigenvalue weighted by molar-refractivity contribution is 5.80. The van der Waals surface area contributed by atoms with Crippen LogP contribution in [0, 0.1) is 11.8 Å². The molecule has 7 unspecified atom stereocenters. The summed E-state index contributed by atoms with van der Waals surface area (Å²) in [4.78, 5) is 14.2. The van der Waals surface area contributed by atoms with Crippen molar-refractivity contribution in [1.29, 1.82) is 0 Å². The van der Waals surface area contributed by atoms with E-state index in [4.69, 9.17) is 33.2 Å². The maximum absolute atomic E-state index is 14.2. The second-order valence-electron chi connectivity index (χ2n) is 20.0. The molecule has 1 aliphatic heterocycles. The van der Waals surface area contributed by atoms with Crippen LogP contribution in [0.1, 0.15) is 127 Å². The van der Waals surface area contributed by atoms with Crippen LogP contribution in [0.5, 0.6) is 11.5 Å². The third-order valence-electron chi connectivity index (χ3n) is 12.5. The van der Waals surface area contributed by atoms with E-state index in [0.717, 1.165) is 37.8 Å². The third-order valence-corrected chi connectivity index (χ3v) is 12.5. The fourth-order valence-electron chi connectivity index (χ4n) is 8.16. The van der Waals surface area contributed by atoms with Crippen molar-refractivity contribution in [3.8, 4) is 11.5 Å². The van der Waals surface area contributed by atoms with Gasteiger partial charge in [0.05, 0.1) is 74.1 Å². The average molecular weight is 901 g/mol. The minimum atomic E-state index is -1.71. The zero-order valence-corrected chi connectivity index (χ0v) is 41.4. The number of hydrogen-bond donors (Lipinski definition) is 7. The van der Waals surface area contributed by atoms with Crippen LogP contribution in [0.25, 0.3) is 0 Å². The smallest absolute Gasteiger partial charge is 0.228 e. The van der Waals surface area contributed by atoms with Crippen LogP contribution in [0.4, 0.5) is 0 Å². The molecule has 1 fully saturated rings. The van der Waals surface area contributed by atoms with Gasteiger partial charge in [-0.15, -0.1) is 0 Å². The highest BCUT2D eigenvalue weighted by Gasteiger charge is 2.52. The first-order valence-corrected chi connectivity index (χ1v) is 23.1. The third kappa shape index (κ3) is 17.2. The maximum atomic E-state index is 14.2. The molecule has 0 aliphatic carbocycles. The van der Waals surface area contributed by atoms with Crippen molar-refractivity contribution in [3.05, 3.63) is 23.8 Å². The van der Waals surface area contributed by atoms with Gasteiger partial charge in [-0.25, -0.2) is 0 Å². The van der Waals surface area contributed by atoms with Crippen LogP contribution < -0.4 is 20.1 Å². The Morgan fingerprint density at radius 2 is 1.46 bits per heavy atom. The average Bonchev–Trinajstić information content (AvgIpc) is 3.19. The minimum absolute atomic E-state index is 0.0113. The Balaban J connectivity index is 2.33. The van der Waals surface area contributed by atoms with E-state index >= 15 is 0 Å². The number of nitrogens with one attached hydrogen (secondary N) is 2. The molecule has 9 atom stereocenters. The molecule has 1 aromatic carbocycles. The number of rotatable bonds is 30. The quantitative estimate of drug-likeness (QED) is 0.0522. The van der Waals surface area contributed by atoms with Crippen LogP contribution in [0.3, 0.4) is 0 Å². The number of unbranched alkanes of at least 4 members (excludes halogenated alkanes) is 3. The Morgan fingerprint density at radius 3 is 2.03 bits per heavy atom. The van der Waals surface area contributed by atoms with Gasteiger partial charge in [0.1, 0.15) is 36.6 Å². The van der Waals surface area contributed by atoms with E-state index in [2.05, 4.69) is 10.6 Å². The minimum Gasteiger partial charge on any atom is -0.493 e. The molecule has 1 aliphatic rings. The molecule has 1 aromatic rings. The summed E-state index contributed by atoms with van der Waals surface area (Å²) in [7, 11) is 5.04. The fourth-order valence-corrected chi connectivity index (χ4v) is 8.16.